The molecule has 1 amide bonds. The molecule has 104 valence electrons. The monoisotopic (exact) mass is 296 g/mol. The SMILES string of the molecule is Cc1cc(N)cc(C(=O)Nc2ccc(Cl)c(F)c2)c1F. The summed E-state index contributed by atoms with van der Waals surface area (Å²) in [5.41, 5.74) is 6.10. The molecule has 0 atom stereocenters. The molecule has 0 fully saturated rings. The second-order valence-electron chi connectivity index (χ2n) is 4.28. The number of hydrogen-bond donors (Lipinski definition) is 2. The van der Waals surface area contributed by atoms with Crippen molar-refractivity contribution in [1.82, 2.24) is 0 Å². The molecule has 2 aromatic carbocycles. The number of aryl methyl sites for hydroxylation is 1. The number of carbonyl (C=O) groups is 1. The fraction of sp³-hybridized carbons (Fsp3) is 0.0714. The summed E-state index contributed by atoms with van der Waals surface area (Å²) >= 11 is 5.54. The summed E-state index contributed by atoms with van der Waals surface area (Å²) in [6.07, 6.45) is 0. The predicted octanol–water partition coefficient (Wildman–Crippen LogP) is 3.76. The average Bonchev–Trinajstić information content (AvgIpc) is 2.38. The molecule has 0 radical (unpaired) electrons. The summed E-state index contributed by atoms with van der Waals surface area (Å²) < 4.78 is 27.1. The molecule has 0 unspecified atom stereocenters. The Balaban J connectivity index is 2.30. The van der Waals surface area contributed by atoms with Crippen LogP contribution in [0, 0.1) is 18.6 Å². The fourth-order valence-electron chi connectivity index (χ4n) is 1.74. The van der Waals surface area contributed by atoms with E-state index < -0.39 is 17.5 Å². The number of amides is 1. The van der Waals surface area contributed by atoms with E-state index in [2.05, 4.69) is 5.32 Å². The van der Waals surface area contributed by atoms with Gasteiger partial charge in [0.2, 0.25) is 0 Å². The molecular formula is C14H11ClF2N2O. The standard InChI is InChI=1S/C14H11ClF2N2O/c1-7-4-8(18)5-10(13(7)17)14(20)19-9-2-3-11(15)12(16)6-9/h2-6H,18H2,1H3,(H,19,20). The minimum atomic E-state index is -0.709. The van der Waals surface area contributed by atoms with Crippen molar-refractivity contribution in [2.45, 2.75) is 6.92 Å². The number of rotatable bonds is 2. The summed E-state index contributed by atoms with van der Waals surface area (Å²) in [5, 5.41) is 2.33. The maximum absolute atomic E-state index is 13.9. The molecule has 0 aliphatic heterocycles. The summed E-state index contributed by atoms with van der Waals surface area (Å²) in [5.74, 6) is -2.04. The van der Waals surface area contributed by atoms with Gasteiger partial charge >= 0.3 is 0 Å². The van der Waals surface area contributed by atoms with E-state index in [0.29, 0.717) is 0 Å². The normalized spacial score (nSPS) is 10.4. The van der Waals surface area contributed by atoms with E-state index >= 15 is 0 Å². The smallest absolute Gasteiger partial charge is 0.258 e. The number of halogens is 3. The molecule has 0 heterocycles. The topological polar surface area (TPSA) is 55.1 Å². The van der Waals surface area contributed by atoms with Gasteiger partial charge < -0.3 is 11.1 Å². The van der Waals surface area contributed by atoms with E-state index in [4.69, 9.17) is 17.3 Å². The zero-order valence-electron chi connectivity index (χ0n) is 10.5. The number of nitrogens with one attached hydrogen (secondary N) is 1. The molecule has 0 saturated heterocycles. The number of nitrogens with two attached hydrogens (primary N) is 1. The maximum Gasteiger partial charge on any atom is 0.258 e. The third-order valence-corrected chi connectivity index (χ3v) is 3.01. The number of nitrogen functional groups attached to an aromatic ring is 1. The van der Waals surface area contributed by atoms with Crippen LogP contribution in [0.5, 0.6) is 0 Å². The Morgan fingerprint density at radius 2 is 1.95 bits per heavy atom. The van der Waals surface area contributed by atoms with Crippen LogP contribution in [-0.2, 0) is 0 Å². The molecular weight excluding hydrogens is 286 g/mol. The van der Waals surface area contributed by atoms with Crippen molar-refractivity contribution in [1.29, 1.82) is 0 Å². The van der Waals surface area contributed by atoms with Crippen LogP contribution in [0.25, 0.3) is 0 Å². The van der Waals surface area contributed by atoms with Crippen molar-refractivity contribution in [2.75, 3.05) is 11.1 Å². The lowest BCUT2D eigenvalue weighted by Gasteiger charge is -2.09. The Labute approximate surface area is 119 Å². The molecule has 0 saturated carbocycles. The largest absolute Gasteiger partial charge is 0.399 e. The summed E-state index contributed by atoms with van der Waals surface area (Å²) in [6.45, 7) is 1.50. The summed E-state index contributed by atoms with van der Waals surface area (Å²) in [4.78, 5) is 12.0. The third kappa shape index (κ3) is 2.88. The van der Waals surface area contributed by atoms with Crippen LogP contribution >= 0.6 is 11.6 Å². The Bertz CT molecular complexity index is 689. The Kier molecular flexibility index (Phi) is 3.90. The molecule has 20 heavy (non-hydrogen) atoms. The summed E-state index contributed by atoms with van der Waals surface area (Å²) in [7, 11) is 0. The van der Waals surface area contributed by atoms with Crippen LogP contribution in [0.2, 0.25) is 5.02 Å². The molecule has 0 bridgehead atoms. The number of carbonyl (C=O) groups excluding carboxylic acids is 1. The molecule has 3 nitrogen and oxygen atoms in total. The van der Waals surface area contributed by atoms with Gasteiger partial charge in [-0.2, -0.15) is 0 Å². The Morgan fingerprint density at radius 1 is 1.25 bits per heavy atom. The Morgan fingerprint density at radius 3 is 2.60 bits per heavy atom. The maximum atomic E-state index is 13.9. The molecule has 6 heteroatoms. The van der Waals surface area contributed by atoms with Crippen LogP contribution in [0.15, 0.2) is 30.3 Å². The van der Waals surface area contributed by atoms with Gasteiger partial charge in [0, 0.05) is 11.4 Å². The summed E-state index contributed by atoms with van der Waals surface area (Å²) in [6, 6.07) is 6.42. The lowest BCUT2D eigenvalue weighted by Crippen LogP contribution is -2.15. The van der Waals surface area contributed by atoms with E-state index in [1.165, 1.54) is 31.2 Å². The van der Waals surface area contributed by atoms with Gasteiger partial charge in [-0.25, -0.2) is 8.78 Å². The van der Waals surface area contributed by atoms with Crippen molar-refractivity contribution in [3.8, 4) is 0 Å². The van der Waals surface area contributed by atoms with Crippen molar-refractivity contribution < 1.29 is 13.6 Å². The van der Waals surface area contributed by atoms with Crippen LogP contribution in [0.3, 0.4) is 0 Å². The van der Waals surface area contributed by atoms with E-state index in [1.54, 1.807) is 0 Å². The van der Waals surface area contributed by atoms with Gasteiger partial charge in [-0.1, -0.05) is 11.6 Å². The molecule has 2 aromatic rings. The van der Waals surface area contributed by atoms with Crippen LogP contribution in [-0.4, -0.2) is 5.91 Å². The second kappa shape index (κ2) is 5.46. The van der Waals surface area contributed by atoms with E-state index in [-0.39, 0.29) is 27.5 Å². The number of anilines is 2. The highest BCUT2D eigenvalue weighted by Crippen LogP contribution is 2.21. The van der Waals surface area contributed by atoms with Gasteiger partial charge in [0.05, 0.1) is 10.6 Å². The third-order valence-electron chi connectivity index (χ3n) is 2.70. The van der Waals surface area contributed by atoms with E-state index in [0.717, 1.165) is 6.07 Å². The van der Waals surface area contributed by atoms with Crippen LogP contribution < -0.4 is 11.1 Å². The predicted molar refractivity (Wildman–Crippen MR) is 74.9 cm³/mol. The van der Waals surface area contributed by atoms with Crippen molar-refractivity contribution >= 4 is 28.9 Å². The van der Waals surface area contributed by atoms with Gasteiger partial charge in [-0.05, 0) is 42.8 Å². The zero-order valence-corrected chi connectivity index (χ0v) is 11.3. The lowest BCUT2D eigenvalue weighted by atomic mass is 10.1. The second-order valence-corrected chi connectivity index (χ2v) is 4.69. The first-order valence-electron chi connectivity index (χ1n) is 5.70. The van der Waals surface area contributed by atoms with Gasteiger partial charge in [-0.15, -0.1) is 0 Å². The number of hydrogen-bond acceptors (Lipinski definition) is 2. The first-order chi connectivity index (χ1) is 9.38. The molecule has 0 aliphatic rings. The molecule has 0 spiro atoms. The van der Waals surface area contributed by atoms with E-state index in [1.807, 2.05) is 0 Å². The minimum Gasteiger partial charge on any atom is -0.399 e. The van der Waals surface area contributed by atoms with Gasteiger partial charge in [0.15, 0.2) is 0 Å². The van der Waals surface area contributed by atoms with Crippen molar-refractivity contribution in [3.63, 3.8) is 0 Å². The first-order valence-corrected chi connectivity index (χ1v) is 6.08. The van der Waals surface area contributed by atoms with Gasteiger partial charge in [-0.3, -0.25) is 4.79 Å². The molecule has 0 aromatic heterocycles. The number of benzene rings is 2. The molecule has 3 N–H and O–H groups in total. The molecule has 2 rings (SSSR count). The van der Waals surface area contributed by atoms with Gasteiger partial charge in [0.25, 0.3) is 5.91 Å². The van der Waals surface area contributed by atoms with Crippen LogP contribution in [0.1, 0.15) is 15.9 Å². The molecule has 0 aliphatic carbocycles. The quantitative estimate of drug-likeness (QED) is 0.829. The minimum absolute atomic E-state index is 0.0611. The van der Waals surface area contributed by atoms with Crippen LogP contribution in [0.4, 0.5) is 20.2 Å². The van der Waals surface area contributed by atoms with E-state index in [9.17, 15) is 13.6 Å². The van der Waals surface area contributed by atoms with Gasteiger partial charge in [0.1, 0.15) is 11.6 Å². The highest BCUT2D eigenvalue weighted by Gasteiger charge is 2.15. The average molecular weight is 297 g/mol. The first kappa shape index (κ1) is 14.3. The highest BCUT2D eigenvalue weighted by atomic mass is 35.5. The van der Waals surface area contributed by atoms with Crippen molar-refractivity contribution in [3.05, 3.63) is 58.1 Å². The van der Waals surface area contributed by atoms with Crippen molar-refractivity contribution in [2.24, 2.45) is 0 Å². The lowest BCUT2D eigenvalue weighted by molar-refractivity contribution is 0.102. The Hall–Kier alpha value is -2.14. The highest BCUT2D eigenvalue weighted by molar-refractivity contribution is 6.30. The fourth-order valence-corrected chi connectivity index (χ4v) is 1.85. The zero-order chi connectivity index (χ0) is 14.9.